The van der Waals surface area contributed by atoms with E-state index < -0.39 is 10.5 Å². The Morgan fingerprint density at radius 2 is 1.42 bits per heavy atom. The maximum absolute atomic E-state index is 12.8. The summed E-state index contributed by atoms with van der Waals surface area (Å²) >= 11 is 0. The number of non-ortho nitro benzene ring substituents is 1. The molecule has 0 fully saturated rings. The molecular weight excluding hydrogens is 328 g/mol. The zero-order valence-electron chi connectivity index (χ0n) is 14.3. The Balaban J connectivity index is 2.00. The first-order chi connectivity index (χ1) is 12.5. The van der Waals surface area contributed by atoms with E-state index in [1.165, 1.54) is 18.2 Å². The molecule has 5 heteroatoms. The van der Waals surface area contributed by atoms with Gasteiger partial charge in [-0.05, 0) is 24.1 Å². The summed E-state index contributed by atoms with van der Waals surface area (Å²) in [6.07, 6.45) is 0. The normalized spacial score (nSPS) is 11.0. The van der Waals surface area contributed by atoms with E-state index in [-0.39, 0.29) is 17.2 Å². The molecular formula is C21H18N2O3. The lowest BCUT2D eigenvalue weighted by Gasteiger charge is -2.32. The van der Waals surface area contributed by atoms with Gasteiger partial charge in [0.25, 0.3) is 11.6 Å². The van der Waals surface area contributed by atoms with Crippen LogP contribution in [0.2, 0.25) is 0 Å². The molecule has 0 saturated heterocycles. The van der Waals surface area contributed by atoms with Gasteiger partial charge in [-0.2, -0.15) is 0 Å². The molecule has 0 atom stereocenters. The van der Waals surface area contributed by atoms with Crippen molar-refractivity contribution in [3.05, 3.63) is 112 Å². The number of benzene rings is 3. The van der Waals surface area contributed by atoms with Crippen molar-refractivity contribution in [1.29, 1.82) is 0 Å². The van der Waals surface area contributed by atoms with Gasteiger partial charge in [-0.15, -0.1) is 0 Å². The largest absolute Gasteiger partial charge is 0.339 e. The van der Waals surface area contributed by atoms with Crippen LogP contribution in [0.25, 0.3) is 0 Å². The van der Waals surface area contributed by atoms with Gasteiger partial charge in [0.1, 0.15) is 0 Å². The number of hydrogen-bond donors (Lipinski definition) is 1. The van der Waals surface area contributed by atoms with Gasteiger partial charge in [-0.3, -0.25) is 14.9 Å². The highest BCUT2D eigenvalue weighted by molar-refractivity contribution is 5.95. The first kappa shape index (κ1) is 17.4. The van der Waals surface area contributed by atoms with E-state index in [2.05, 4.69) is 5.32 Å². The Bertz CT molecular complexity index is 885. The number of hydrogen-bond acceptors (Lipinski definition) is 3. The Kier molecular flexibility index (Phi) is 4.80. The molecule has 130 valence electrons. The molecule has 26 heavy (non-hydrogen) atoms. The van der Waals surface area contributed by atoms with Crippen LogP contribution in [0.15, 0.2) is 84.9 Å². The van der Waals surface area contributed by atoms with Crippen LogP contribution in [-0.2, 0) is 5.54 Å². The molecule has 0 heterocycles. The van der Waals surface area contributed by atoms with Gasteiger partial charge in [0.2, 0.25) is 0 Å². The van der Waals surface area contributed by atoms with Crippen molar-refractivity contribution in [3.63, 3.8) is 0 Å². The standard InChI is InChI=1S/C21H18N2O3/c1-21(17-10-4-2-5-11-17,18-12-6-3-7-13-18)22-20(24)16-9-8-14-19(15-16)23(25)26/h2-15H,1H3,(H,22,24). The minimum Gasteiger partial charge on any atom is -0.339 e. The predicted molar refractivity (Wildman–Crippen MR) is 99.9 cm³/mol. The van der Waals surface area contributed by atoms with Gasteiger partial charge in [0.05, 0.1) is 10.5 Å². The van der Waals surface area contributed by atoms with Crippen molar-refractivity contribution in [1.82, 2.24) is 5.32 Å². The van der Waals surface area contributed by atoms with E-state index in [1.807, 2.05) is 67.6 Å². The summed E-state index contributed by atoms with van der Waals surface area (Å²) in [5.74, 6) is -0.371. The molecule has 0 bridgehead atoms. The van der Waals surface area contributed by atoms with E-state index in [1.54, 1.807) is 6.07 Å². The first-order valence-electron chi connectivity index (χ1n) is 8.19. The summed E-state index contributed by atoms with van der Waals surface area (Å²) in [5, 5.41) is 14.0. The molecule has 0 unspecified atom stereocenters. The minimum absolute atomic E-state index is 0.112. The first-order valence-corrected chi connectivity index (χ1v) is 8.19. The Morgan fingerprint density at radius 1 is 0.885 bits per heavy atom. The molecule has 0 spiro atoms. The monoisotopic (exact) mass is 346 g/mol. The SMILES string of the molecule is CC(NC(=O)c1cccc([N+](=O)[O-])c1)(c1ccccc1)c1ccccc1. The number of carbonyl (C=O) groups is 1. The van der Waals surface area contributed by atoms with Crippen LogP contribution in [0, 0.1) is 10.1 Å². The average molecular weight is 346 g/mol. The van der Waals surface area contributed by atoms with Crippen molar-refractivity contribution in [2.75, 3.05) is 0 Å². The van der Waals surface area contributed by atoms with Gasteiger partial charge >= 0.3 is 0 Å². The molecule has 3 rings (SSSR count). The van der Waals surface area contributed by atoms with E-state index in [4.69, 9.17) is 0 Å². The highest BCUT2D eigenvalue weighted by atomic mass is 16.6. The van der Waals surface area contributed by atoms with Crippen molar-refractivity contribution in [3.8, 4) is 0 Å². The van der Waals surface area contributed by atoms with Crippen LogP contribution in [0.5, 0.6) is 0 Å². The van der Waals surface area contributed by atoms with Gasteiger partial charge in [-0.25, -0.2) is 0 Å². The molecule has 5 nitrogen and oxygen atoms in total. The number of nitrogens with one attached hydrogen (secondary N) is 1. The van der Waals surface area contributed by atoms with Gasteiger partial charge in [-0.1, -0.05) is 66.7 Å². The van der Waals surface area contributed by atoms with Crippen molar-refractivity contribution >= 4 is 11.6 Å². The van der Waals surface area contributed by atoms with Gasteiger partial charge < -0.3 is 5.32 Å². The number of nitro benzene ring substituents is 1. The number of carbonyl (C=O) groups excluding carboxylic acids is 1. The fraction of sp³-hybridized carbons (Fsp3) is 0.0952. The average Bonchev–Trinajstić information content (AvgIpc) is 2.69. The number of amides is 1. The smallest absolute Gasteiger partial charge is 0.270 e. The summed E-state index contributed by atoms with van der Waals surface area (Å²) in [4.78, 5) is 23.3. The molecule has 0 aliphatic carbocycles. The highest BCUT2D eigenvalue weighted by Gasteiger charge is 2.31. The lowest BCUT2D eigenvalue weighted by Crippen LogP contribution is -2.44. The molecule has 0 aliphatic rings. The summed E-state index contributed by atoms with van der Waals surface area (Å²) in [6, 6.07) is 25.0. The predicted octanol–water partition coefficient (Wildman–Crippen LogP) is 4.29. The third kappa shape index (κ3) is 3.47. The van der Waals surface area contributed by atoms with E-state index in [0.717, 1.165) is 11.1 Å². The van der Waals surface area contributed by atoms with Crippen LogP contribution in [0.3, 0.4) is 0 Å². The zero-order chi connectivity index (χ0) is 18.6. The Labute approximate surface area is 151 Å². The van der Waals surface area contributed by atoms with E-state index >= 15 is 0 Å². The van der Waals surface area contributed by atoms with Gasteiger partial charge in [0.15, 0.2) is 0 Å². The van der Waals surface area contributed by atoms with Crippen LogP contribution in [0.1, 0.15) is 28.4 Å². The topological polar surface area (TPSA) is 72.2 Å². The Hall–Kier alpha value is -3.47. The molecule has 3 aromatic rings. The summed E-state index contributed by atoms with van der Waals surface area (Å²) in [5.41, 5.74) is 1.20. The lowest BCUT2D eigenvalue weighted by molar-refractivity contribution is -0.384. The number of rotatable bonds is 5. The molecule has 0 saturated carbocycles. The van der Waals surface area contributed by atoms with Crippen molar-refractivity contribution in [2.45, 2.75) is 12.5 Å². The summed E-state index contributed by atoms with van der Waals surface area (Å²) in [7, 11) is 0. The lowest BCUT2D eigenvalue weighted by atomic mass is 9.84. The third-order valence-corrected chi connectivity index (χ3v) is 4.38. The highest BCUT2D eigenvalue weighted by Crippen LogP contribution is 2.29. The van der Waals surface area contributed by atoms with Crippen LogP contribution in [0.4, 0.5) is 5.69 Å². The summed E-state index contributed by atoms with van der Waals surface area (Å²) < 4.78 is 0. The van der Waals surface area contributed by atoms with Crippen LogP contribution >= 0.6 is 0 Å². The van der Waals surface area contributed by atoms with E-state index in [9.17, 15) is 14.9 Å². The van der Waals surface area contributed by atoms with Crippen LogP contribution in [-0.4, -0.2) is 10.8 Å². The molecule has 1 amide bonds. The number of nitrogens with zero attached hydrogens (tertiary/aromatic N) is 1. The minimum atomic E-state index is -0.774. The second kappa shape index (κ2) is 7.19. The molecule has 0 radical (unpaired) electrons. The second-order valence-corrected chi connectivity index (χ2v) is 6.12. The second-order valence-electron chi connectivity index (χ2n) is 6.12. The third-order valence-electron chi connectivity index (χ3n) is 4.38. The maximum atomic E-state index is 12.8. The summed E-state index contributed by atoms with van der Waals surface area (Å²) in [6.45, 7) is 1.92. The molecule has 0 aliphatic heterocycles. The molecule has 3 aromatic carbocycles. The zero-order valence-corrected chi connectivity index (χ0v) is 14.3. The van der Waals surface area contributed by atoms with Gasteiger partial charge in [0, 0.05) is 17.7 Å². The fourth-order valence-corrected chi connectivity index (χ4v) is 2.91. The van der Waals surface area contributed by atoms with Crippen LogP contribution < -0.4 is 5.32 Å². The number of nitro groups is 1. The quantitative estimate of drug-likeness (QED) is 0.553. The maximum Gasteiger partial charge on any atom is 0.270 e. The fourth-order valence-electron chi connectivity index (χ4n) is 2.91. The van der Waals surface area contributed by atoms with Crippen molar-refractivity contribution < 1.29 is 9.72 Å². The molecule has 0 aromatic heterocycles. The van der Waals surface area contributed by atoms with Crippen molar-refractivity contribution in [2.24, 2.45) is 0 Å². The van der Waals surface area contributed by atoms with E-state index in [0.29, 0.717) is 0 Å². The molecule has 1 N–H and O–H groups in total. The Morgan fingerprint density at radius 3 is 1.92 bits per heavy atom.